The van der Waals surface area contributed by atoms with E-state index in [0.29, 0.717) is 12.4 Å². The van der Waals surface area contributed by atoms with E-state index in [1.165, 1.54) is 0 Å². The topological polar surface area (TPSA) is 73.7 Å². The SMILES string of the molecule is CCCCN(CCO)c1cc(C(=O)O)cc(C(C)C)n1. The number of unbranched alkanes of at least 4 members (excludes halogenated alkanes) is 1. The maximum absolute atomic E-state index is 11.2. The van der Waals surface area contributed by atoms with Gasteiger partial charge in [-0.25, -0.2) is 9.78 Å². The summed E-state index contributed by atoms with van der Waals surface area (Å²) in [7, 11) is 0. The molecule has 5 heteroatoms. The van der Waals surface area contributed by atoms with E-state index in [-0.39, 0.29) is 18.1 Å². The maximum Gasteiger partial charge on any atom is 0.335 e. The Morgan fingerprint density at radius 2 is 2.05 bits per heavy atom. The molecule has 0 bridgehead atoms. The van der Waals surface area contributed by atoms with Crippen LogP contribution in [0.5, 0.6) is 0 Å². The Hall–Kier alpha value is -1.62. The van der Waals surface area contributed by atoms with Crippen LogP contribution in [-0.2, 0) is 0 Å². The number of rotatable bonds is 8. The summed E-state index contributed by atoms with van der Waals surface area (Å²) >= 11 is 0. The van der Waals surface area contributed by atoms with Gasteiger partial charge in [-0.05, 0) is 24.5 Å². The molecular weight excluding hydrogens is 256 g/mol. The average molecular weight is 280 g/mol. The molecule has 0 aromatic carbocycles. The van der Waals surface area contributed by atoms with Gasteiger partial charge in [-0.1, -0.05) is 27.2 Å². The smallest absolute Gasteiger partial charge is 0.335 e. The fourth-order valence-corrected chi connectivity index (χ4v) is 1.93. The van der Waals surface area contributed by atoms with E-state index in [9.17, 15) is 9.90 Å². The second-order valence-electron chi connectivity index (χ2n) is 5.16. The number of hydrogen-bond acceptors (Lipinski definition) is 4. The molecule has 0 saturated heterocycles. The van der Waals surface area contributed by atoms with Crippen LogP contribution in [0.25, 0.3) is 0 Å². The van der Waals surface area contributed by atoms with E-state index in [1.807, 2.05) is 18.7 Å². The minimum atomic E-state index is -0.949. The van der Waals surface area contributed by atoms with Crippen LogP contribution in [0.2, 0.25) is 0 Å². The van der Waals surface area contributed by atoms with Crippen LogP contribution in [-0.4, -0.2) is 40.9 Å². The van der Waals surface area contributed by atoms with E-state index in [4.69, 9.17) is 5.11 Å². The van der Waals surface area contributed by atoms with Crippen molar-refractivity contribution in [2.24, 2.45) is 0 Å². The van der Waals surface area contributed by atoms with Gasteiger partial charge in [0.2, 0.25) is 0 Å². The largest absolute Gasteiger partial charge is 0.478 e. The maximum atomic E-state index is 11.2. The first-order chi connectivity index (χ1) is 9.49. The fraction of sp³-hybridized carbons (Fsp3) is 0.600. The zero-order chi connectivity index (χ0) is 15.1. The third-order valence-electron chi connectivity index (χ3n) is 3.15. The summed E-state index contributed by atoms with van der Waals surface area (Å²) in [6.07, 6.45) is 2.02. The molecule has 20 heavy (non-hydrogen) atoms. The molecule has 0 saturated carbocycles. The third-order valence-corrected chi connectivity index (χ3v) is 3.15. The Kier molecular flexibility index (Phi) is 6.45. The summed E-state index contributed by atoms with van der Waals surface area (Å²) in [5.41, 5.74) is 1.01. The molecule has 0 amide bonds. The van der Waals surface area contributed by atoms with Crippen molar-refractivity contribution in [2.75, 3.05) is 24.6 Å². The number of aliphatic hydroxyl groups is 1. The lowest BCUT2D eigenvalue weighted by atomic mass is 10.1. The van der Waals surface area contributed by atoms with Crippen molar-refractivity contribution in [3.63, 3.8) is 0 Å². The predicted octanol–water partition coefficient (Wildman–Crippen LogP) is 2.50. The second kappa shape index (κ2) is 7.85. The Morgan fingerprint density at radius 3 is 2.55 bits per heavy atom. The van der Waals surface area contributed by atoms with Crippen molar-refractivity contribution in [3.8, 4) is 0 Å². The summed E-state index contributed by atoms with van der Waals surface area (Å²) in [4.78, 5) is 17.7. The molecular formula is C15H24N2O3. The number of carboxylic acids is 1. The molecule has 0 spiro atoms. The Balaban J connectivity index is 3.14. The Bertz CT molecular complexity index is 447. The van der Waals surface area contributed by atoms with E-state index < -0.39 is 5.97 Å². The number of aliphatic hydroxyl groups excluding tert-OH is 1. The average Bonchev–Trinajstić information content (AvgIpc) is 2.42. The molecule has 0 radical (unpaired) electrons. The summed E-state index contributed by atoms with van der Waals surface area (Å²) < 4.78 is 0. The van der Waals surface area contributed by atoms with Gasteiger partial charge in [0.25, 0.3) is 0 Å². The minimum Gasteiger partial charge on any atom is -0.478 e. The number of anilines is 1. The first kappa shape index (κ1) is 16.4. The molecule has 0 aliphatic heterocycles. The number of hydrogen-bond donors (Lipinski definition) is 2. The molecule has 5 nitrogen and oxygen atoms in total. The van der Waals surface area contributed by atoms with Gasteiger partial charge in [0.05, 0.1) is 12.2 Å². The number of carbonyl (C=O) groups is 1. The van der Waals surface area contributed by atoms with Crippen molar-refractivity contribution in [1.82, 2.24) is 4.98 Å². The normalized spacial score (nSPS) is 10.8. The van der Waals surface area contributed by atoms with Gasteiger partial charge in [0, 0.05) is 18.8 Å². The van der Waals surface area contributed by atoms with Crippen molar-refractivity contribution < 1.29 is 15.0 Å². The Labute approximate surface area is 120 Å². The first-order valence-electron chi connectivity index (χ1n) is 7.10. The highest BCUT2D eigenvalue weighted by atomic mass is 16.4. The van der Waals surface area contributed by atoms with Crippen molar-refractivity contribution in [1.29, 1.82) is 0 Å². The van der Waals surface area contributed by atoms with Crippen LogP contribution in [0, 0.1) is 0 Å². The Morgan fingerprint density at radius 1 is 1.35 bits per heavy atom. The zero-order valence-corrected chi connectivity index (χ0v) is 12.5. The summed E-state index contributed by atoms with van der Waals surface area (Å²) in [6, 6.07) is 3.20. The fourth-order valence-electron chi connectivity index (χ4n) is 1.93. The first-order valence-corrected chi connectivity index (χ1v) is 7.10. The number of pyridine rings is 1. The van der Waals surface area contributed by atoms with E-state index in [0.717, 1.165) is 25.1 Å². The van der Waals surface area contributed by atoms with E-state index in [1.54, 1.807) is 12.1 Å². The molecule has 1 aromatic rings. The number of aromatic carboxylic acids is 1. The summed E-state index contributed by atoms with van der Waals surface area (Å²) in [5.74, 6) is -0.152. The van der Waals surface area contributed by atoms with Gasteiger partial charge >= 0.3 is 5.97 Å². The van der Waals surface area contributed by atoms with Gasteiger partial charge in [0.1, 0.15) is 5.82 Å². The van der Waals surface area contributed by atoms with Crippen LogP contribution in [0.1, 0.15) is 55.6 Å². The molecule has 0 atom stereocenters. The highest BCUT2D eigenvalue weighted by molar-refractivity contribution is 5.88. The predicted molar refractivity (Wildman–Crippen MR) is 79.5 cm³/mol. The lowest BCUT2D eigenvalue weighted by Crippen LogP contribution is -2.29. The van der Waals surface area contributed by atoms with Gasteiger partial charge in [-0.3, -0.25) is 0 Å². The molecule has 1 aromatic heterocycles. The number of aromatic nitrogens is 1. The molecule has 1 heterocycles. The molecule has 2 N–H and O–H groups in total. The van der Waals surface area contributed by atoms with E-state index in [2.05, 4.69) is 11.9 Å². The molecule has 0 aliphatic carbocycles. The van der Waals surface area contributed by atoms with Crippen LogP contribution < -0.4 is 4.90 Å². The van der Waals surface area contributed by atoms with Crippen LogP contribution >= 0.6 is 0 Å². The van der Waals surface area contributed by atoms with Crippen molar-refractivity contribution >= 4 is 11.8 Å². The standard InChI is InChI=1S/C15H24N2O3/c1-4-5-6-17(7-8-18)14-10-12(15(19)20)9-13(16-14)11(2)3/h9-11,18H,4-8H2,1-3H3,(H,19,20). The van der Waals surface area contributed by atoms with Crippen molar-refractivity contribution in [2.45, 2.75) is 39.5 Å². The quantitative estimate of drug-likeness (QED) is 0.765. The monoisotopic (exact) mass is 280 g/mol. The third kappa shape index (κ3) is 4.49. The lowest BCUT2D eigenvalue weighted by molar-refractivity contribution is 0.0696. The number of nitrogens with zero attached hydrogens (tertiary/aromatic N) is 2. The second-order valence-corrected chi connectivity index (χ2v) is 5.16. The number of carboxylic acid groups (broad SMARTS) is 1. The lowest BCUT2D eigenvalue weighted by Gasteiger charge is -2.24. The molecule has 112 valence electrons. The van der Waals surface area contributed by atoms with Crippen LogP contribution in [0.3, 0.4) is 0 Å². The van der Waals surface area contributed by atoms with Gasteiger partial charge in [-0.2, -0.15) is 0 Å². The van der Waals surface area contributed by atoms with Crippen LogP contribution in [0.15, 0.2) is 12.1 Å². The van der Waals surface area contributed by atoms with E-state index >= 15 is 0 Å². The zero-order valence-electron chi connectivity index (χ0n) is 12.5. The summed E-state index contributed by atoms with van der Waals surface area (Å²) in [5, 5.41) is 18.4. The van der Waals surface area contributed by atoms with Crippen molar-refractivity contribution in [3.05, 3.63) is 23.4 Å². The molecule has 0 aliphatic rings. The minimum absolute atomic E-state index is 0.0275. The molecule has 0 fully saturated rings. The highest BCUT2D eigenvalue weighted by Gasteiger charge is 2.14. The van der Waals surface area contributed by atoms with Gasteiger partial charge in [-0.15, -0.1) is 0 Å². The van der Waals surface area contributed by atoms with Crippen LogP contribution in [0.4, 0.5) is 5.82 Å². The van der Waals surface area contributed by atoms with Gasteiger partial charge in [0.15, 0.2) is 0 Å². The summed E-state index contributed by atoms with van der Waals surface area (Å²) in [6.45, 7) is 7.33. The highest BCUT2D eigenvalue weighted by Crippen LogP contribution is 2.20. The molecule has 0 unspecified atom stereocenters. The van der Waals surface area contributed by atoms with Gasteiger partial charge < -0.3 is 15.1 Å². The molecule has 1 rings (SSSR count).